The van der Waals surface area contributed by atoms with E-state index in [1.807, 2.05) is 45.0 Å². The zero-order valence-corrected chi connectivity index (χ0v) is 14.9. The zero-order chi connectivity index (χ0) is 18.4. The highest BCUT2D eigenvalue weighted by molar-refractivity contribution is 5.96. The van der Waals surface area contributed by atoms with Crippen molar-refractivity contribution in [3.63, 3.8) is 0 Å². The topological polar surface area (TPSA) is 80.3 Å². The molecule has 2 rings (SSSR count). The normalized spacial score (nSPS) is 11.7. The molecule has 0 spiro atoms. The highest BCUT2D eigenvalue weighted by atomic mass is 16.5. The molecule has 0 saturated carbocycles. The summed E-state index contributed by atoms with van der Waals surface area (Å²) in [5.74, 6) is 0.265. The van der Waals surface area contributed by atoms with Crippen LogP contribution in [0.3, 0.4) is 0 Å². The van der Waals surface area contributed by atoms with Crippen LogP contribution in [0.25, 0.3) is 0 Å². The summed E-state index contributed by atoms with van der Waals surface area (Å²) in [5.41, 5.74) is 1.64. The molecule has 0 saturated heterocycles. The van der Waals surface area contributed by atoms with Crippen LogP contribution in [0.2, 0.25) is 0 Å². The summed E-state index contributed by atoms with van der Waals surface area (Å²) in [6.07, 6.45) is 1.51. The zero-order valence-electron chi connectivity index (χ0n) is 14.9. The minimum atomic E-state index is -0.288. The molecule has 2 N–H and O–H groups in total. The Bertz CT molecular complexity index is 725. The average molecular weight is 341 g/mol. The van der Waals surface area contributed by atoms with Crippen molar-refractivity contribution in [3.8, 4) is 5.75 Å². The molecule has 0 radical (unpaired) electrons. The first-order valence-corrected chi connectivity index (χ1v) is 8.16. The summed E-state index contributed by atoms with van der Waals surface area (Å²) in [5, 5.41) is 5.40. The number of ether oxygens (including phenoxy) is 1. The highest BCUT2D eigenvalue weighted by Crippen LogP contribution is 2.19. The predicted molar refractivity (Wildman–Crippen MR) is 95.7 cm³/mol. The van der Waals surface area contributed by atoms with E-state index in [-0.39, 0.29) is 29.7 Å². The van der Waals surface area contributed by atoms with Gasteiger partial charge in [0.2, 0.25) is 0 Å². The molecular formula is C19H23N3O3. The van der Waals surface area contributed by atoms with Gasteiger partial charge < -0.3 is 15.4 Å². The van der Waals surface area contributed by atoms with E-state index in [1.54, 1.807) is 6.07 Å². The van der Waals surface area contributed by atoms with Crippen LogP contribution in [0.5, 0.6) is 5.75 Å². The van der Waals surface area contributed by atoms with Gasteiger partial charge in [0.1, 0.15) is 11.4 Å². The first-order valence-electron chi connectivity index (χ1n) is 8.16. The Balaban J connectivity index is 2.00. The molecule has 0 aliphatic carbocycles. The molecule has 2 amide bonds. The van der Waals surface area contributed by atoms with Gasteiger partial charge in [0, 0.05) is 13.2 Å². The van der Waals surface area contributed by atoms with Gasteiger partial charge in [-0.15, -0.1) is 0 Å². The van der Waals surface area contributed by atoms with E-state index < -0.39 is 0 Å². The largest absolute Gasteiger partial charge is 0.491 e. The molecule has 6 heteroatoms. The van der Waals surface area contributed by atoms with Crippen LogP contribution in [0, 0.1) is 0 Å². The standard InChI is InChI=1S/C19H23N3O3/c1-12(2)25-16-8-5-14(6-9-16)13(3)22-18(23)15-7-10-17(21-11-15)19(24)20-4/h5-13H,1-4H3,(H,20,24)(H,22,23). The summed E-state index contributed by atoms with van der Waals surface area (Å²) in [6.45, 7) is 5.85. The van der Waals surface area contributed by atoms with Gasteiger partial charge in [-0.1, -0.05) is 12.1 Å². The molecule has 2 aromatic rings. The lowest BCUT2D eigenvalue weighted by molar-refractivity contribution is 0.0932. The fraction of sp³-hybridized carbons (Fsp3) is 0.316. The van der Waals surface area contributed by atoms with Crippen molar-refractivity contribution in [2.24, 2.45) is 0 Å². The van der Waals surface area contributed by atoms with Crippen LogP contribution >= 0.6 is 0 Å². The molecule has 1 atom stereocenters. The number of amides is 2. The smallest absolute Gasteiger partial charge is 0.269 e. The Morgan fingerprint density at radius 1 is 1.00 bits per heavy atom. The monoisotopic (exact) mass is 341 g/mol. The van der Waals surface area contributed by atoms with Crippen molar-refractivity contribution in [1.82, 2.24) is 15.6 Å². The highest BCUT2D eigenvalue weighted by Gasteiger charge is 2.13. The molecule has 25 heavy (non-hydrogen) atoms. The molecule has 0 fully saturated rings. The van der Waals surface area contributed by atoms with E-state index >= 15 is 0 Å². The Kier molecular flexibility index (Phi) is 6.11. The van der Waals surface area contributed by atoms with Crippen LogP contribution in [-0.2, 0) is 0 Å². The Labute approximate surface area is 147 Å². The van der Waals surface area contributed by atoms with E-state index in [9.17, 15) is 9.59 Å². The minimum Gasteiger partial charge on any atom is -0.491 e. The van der Waals surface area contributed by atoms with Crippen LogP contribution in [0.15, 0.2) is 42.6 Å². The first-order chi connectivity index (χ1) is 11.9. The van der Waals surface area contributed by atoms with Crippen LogP contribution in [-0.4, -0.2) is 29.9 Å². The van der Waals surface area contributed by atoms with Gasteiger partial charge in [-0.05, 0) is 50.6 Å². The van der Waals surface area contributed by atoms with Crippen molar-refractivity contribution in [3.05, 3.63) is 59.4 Å². The summed E-state index contributed by atoms with van der Waals surface area (Å²) in [4.78, 5) is 27.8. The van der Waals surface area contributed by atoms with Gasteiger partial charge in [-0.2, -0.15) is 0 Å². The molecule has 1 unspecified atom stereocenters. The molecule has 0 aliphatic rings. The Morgan fingerprint density at radius 3 is 2.20 bits per heavy atom. The molecule has 1 aromatic heterocycles. The van der Waals surface area contributed by atoms with Crippen molar-refractivity contribution < 1.29 is 14.3 Å². The number of benzene rings is 1. The number of carbonyl (C=O) groups excluding carboxylic acids is 2. The maximum absolute atomic E-state index is 12.3. The fourth-order valence-corrected chi connectivity index (χ4v) is 2.26. The van der Waals surface area contributed by atoms with Crippen molar-refractivity contribution in [2.75, 3.05) is 7.05 Å². The summed E-state index contributed by atoms with van der Waals surface area (Å²) in [6, 6.07) is 10.6. The Hall–Kier alpha value is -2.89. The van der Waals surface area contributed by atoms with E-state index in [0.29, 0.717) is 5.56 Å². The third-order valence-corrected chi connectivity index (χ3v) is 3.58. The van der Waals surface area contributed by atoms with Crippen LogP contribution in [0.1, 0.15) is 53.2 Å². The van der Waals surface area contributed by atoms with E-state index in [4.69, 9.17) is 4.74 Å². The quantitative estimate of drug-likeness (QED) is 0.846. The van der Waals surface area contributed by atoms with Crippen LogP contribution < -0.4 is 15.4 Å². The van der Waals surface area contributed by atoms with Crippen molar-refractivity contribution >= 4 is 11.8 Å². The number of carbonyl (C=O) groups is 2. The summed E-state index contributed by atoms with van der Waals surface area (Å²) in [7, 11) is 1.53. The molecule has 1 heterocycles. The molecule has 6 nitrogen and oxygen atoms in total. The second-order valence-electron chi connectivity index (χ2n) is 5.94. The van der Waals surface area contributed by atoms with Gasteiger partial charge in [-0.3, -0.25) is 14.6 Å². The fourth-order valence-electron chi connectivity index (χ4n) is 2.26. The molecule has 0 bridgehead atoms. The second-order valence-corrected chi connectivity index (χ2v) is 5.94. The third kappa shape index (κ3) is 5.04. The maximum atomic E-state index is 12.3. The minimum absolute atomic E-state index is 0.119. The lowest BCUT2D eigenvalue weighted by Crippen LogP contribution is -2.27. The Morgan fingerprint density at radius 2 is 1.68 bits per heavy atom. The van der Waals surface area contributed by atoms with Gasteiger partial charge in [0.05, 0.1) is 17.7 Å². The summed E-state index contributed by atoms with van der Waals surface area (Å²) >= 11 is 0. The van der Waals surface area contributed by atoms with E-state index in [0.717, 1.165) is 11.3 Å². The summed E-state index contributed by atoms with van der Waals surface area (Å²) < 4.78 is 5.61. The van der Waals surface area contributed by atoms with Crippen molar-refractivity contribution in [1.29, 1.82) is 0 Å². The molecule has 0 aliphatic heterocycles. The van der Waals surface area contributed by atoms with Crippen LogP contribution in [0.4, 0.5) is 0 Å². The number of nitrogens with zero attached hydrogens (tertiary/aromatic N) is 1. The average Bonchev–Trinajstić information content (AvgIpc) is 2.61. The van der Waals surface area contributed by atoms with E-state index in [1.165, 1.54) is 19.3 Å². The number of hydrogen-bond donors (Lipinski definition) is 2. The first kappa shape index (κ1) is 18.4. The lowest BCUT2D eigenvalue weighted by Gasteiger charge is -2.16. The van der Waals surface area contributed by atoms with E-state index in [2.05, 4.69) is 15.6 Å². The third-order valence-electron chi connectivity index (χ3n) is 3.58. The van der Waals surface area contributed by atoms with Gasteiger partial charge in [-0.25, -0.2) is 0 Å². The number of nitrogens with one attached hydrogen (secondary N) is 2. The van der Waals surface area contributed by atoms with Gasteiger partial charge in [0.15, 0.2) is 0 Å². The van der Waals surface area contributed by atoms with Crippen molar-refractivity contribution in [2.45, 2.75) is 32.9 Å². The van der Waals surface area contributed by atoms with Gasteiger partial charge in [0.25, 0.3) is 11.8 Å². The molecule has 132 valence electrons. The maximum Gasteiger partial charge on any atom is 0.269 e. The number of aromatic nitrogens is 1. The predicted octanol–water partition coefficient (Wildman–Crippen LogP) is 2.72. The SMILES string of the molecule is CNC(=O)c1ccc(C(=O)NC(C)c2ccc(OC(C)C)cc2)cn1. The number of rotatable bonds is 6. The van der Waals surface area contributed by atoms with Gasteiger partial charge >= 0.3 is 0 Å². The second kappa shape index (κ2) is 8.28. The molecule has 1 aromatic carbocycles. The molecular weight excluding hydrogens is 318 g/mol. The number of pyridine rings is 1. The number of hydrogen-bond acceptors (Lipinski definition) is 4. The lowest BCUT2D eigenvalue weighted by atomic mass is 10.1.